The summed E-state index contributed by atoms with van der Waals surface area (Å²) >= 11 is 1.76. The number of fused-ring (bicyclic) bond motifs is 2. The fraction of sp³-hybridized carbons (Fsp3) is 0.312. The molecule has 21 heavy (non-hydrogen) atoms. The average Bonchev–Trinajstić information content (AvgIpc) is 2.49. The summed E-state index contributed by atoms with van der Waals surface area (Å²) in [6.45, 7) is 0. The van der Waals surface area contributed by atoms with Gasteiger partial charge >= 0.3 is 0 Å². The minimum Gasteiger partial charge on any atom is -0.508 e. The summed E-state index contributed by atoms with van der Waals surface area (Å²) in [6, 6.07) is 5.36. The van der Waals surface area contributed by atoms with Gasteiger partial charge in [0.15, 0.2) is 11.5 Å². The normalized spacial score (nSPS) is 19.6. The van der Waals surface area contributed by atoms with Crippen molar-refractivity contribution in [1.29, 1.82) is 0 Å². The molecule has 4 nitrogen and oxygen atoms in total. The van der Waals surface area contributed by atoms with Gasteiger partial charge in [-0.1, -0.05) is 6.07 Å². The first-order valence-electron chi connectivity index (χ1n) is 6.58. The Morgan fingerprint density at radius 2 is 1.86 bits per heavy atom. The first-order chi connectivity index (χ1) is 10.1. The van der Waals surface area contributed by atoms with Crippen LogP contribution in [0.4, 0.5) is 0 Å². The zero-order valence-electron chi connectivity index (χ0n) is 11.9. The van der Waals surface area contributed by atoms with Crippen molar-refractivity contribution in [2.24, 2.45) is 0 Å². The van der Waals surface area contributed by atoms with Crippen molar-refractivity contribution >= 4 is 17.5 Å². The molecule has 0 atom stereocenters. The molecule has 0 aromatic heterocycles. The Morgan fingerprint density at radius 1 is 1.19 bits per heavy atom. The molecule has 1 heterocycles. The van der Waals surface area contributed by atoms with Gasteiger partial charge in [0.1, 0.15) is 5.75 Å². The molecule has 0 unspecified atom stereocenters. The number of carbonyl (C=O) groups is 1. The third-order valence-electron chi connectivity index (χ3n) is 3.85. The molecule has 0 radical (unpaired) electrons. The lowest BCUT2D eigenvalue weighted by molar-refractivity contribution is -0.118. The van der Waals surface area contributed by atoms with E-state index < -0.39 is 5.41 Å². The highest BCUT2D eigenvalue weighted by molar-refractivity contribution is 7.98. The fourth-order valence-electron chi connectivity index (χ4n) is 2.87. The maximum Gasteiger partial charge on any atom is 0.261 e. The molecule has 0 saturated heterocycles. The number of methoxy groups -OCH3 is 2. The number of carbonyl (C=O) groups excluding carboxylic acids is 1. The number of hydrogen-bond acceptors (Lipinski definition) is 5. The molecule has 1 spiro atoms. The van der Waals surface area contributed by atoms with Crippen LogP contribution in [0.3, 0.4) is 0 Å². The Morgan fingerprint density at radius 3 is 2.48 bits per heavy atom. The van der Waals surface area contributed by atoms with E-state index >= 15 is 0 Å². The number of allylic oxidation sites excluding steroid dienone is 2. The van der Waals surface area contributed by atoms with Crippen LogP contribution in [0.2, 0.25) is 0 Å². The molecule has 2 aliphatic rings. The van der Waals surface area contributed by atoms with E-state index in [9.17, 15) is 9.90 Å². The summed E-state index contributed by atoms with van der Waals surface area (Å²) in [7, 11) is 2.98. The number of hydrogen-bond donors (Lipinski definition) is 1. The summed E-state index contributed by atoms with van der Waals surface area (Å²) in [6.07, 6.45) is 3.72. The summed E-state index contributed by atoms with van der Waals surface area (Å²) in [5.74, 6) is 2.27. The van der Waals surface area contributed by atoms with Crippen molar-refractivity contribution in [3.05, 3.63) is 53.0 Å². The van der Waals surface area contributed by atoms with Crippen molar-refractivity contribution in [2.45, 2.75) is 11.2 Å². The van der Waals surface area contributed by atoms with Gasteiger partial charge in [0.25, 0.3) is 5.78 Å². The summed E-state index contributed by atoms with van der Waals surface area (Å²) in [5.41, 5.74) is 1.71. The number of Topliss-reactive ketones (excluding diaryl/α,β-unsaturated/α-hetero) is 1. The fourth-order valence-corrected chi connectivity index (χ4v) is 4.09. The van der Waals surface area contributed by atoms with Crippen LogP contribution in [-0.4, -0.2) is 30.9 Å². The minimum atomic E-state index is -0.434. The first kappa shape index (κ1) is 14.1. The van der Waals surface area contributed by atoms with Gasteiger partial charge in [-0.25, -0.2) is 0 Å². The van der Waals surface area contributed by atoms with Gasteiger partial charge in [-0.2, -0.15) is 11.8 Å². The van der Waals surface area contributed by atoms with Crippen LogP contribution in [-0.2, 0) is 25.4 Å². The Bertz CT molecular complexity index is 636. The minimum absolute atomic E-state index is 0.235. The predicted octanol–water partition coefficient (Wildman–Crippen LogP) is 2.52. The monoisotopic (exact) mass is 304 g/mol. The van der Waals surface area contributed by atoms with E-state index in [1.165, 1.54) is 14.2 Å². The van der Waals surface area contributed by atoms with Crippen molar-refractivity contribution in [1.82, 2.24) is 0 Å². The van der Waals surface area contributed by atoms with Crippen LogP contribution in [0.25, 0.3) is 0 Å². The lowest BCUT2D eigenvalue weighted by atomic mass is 9.75. The second kappa shape index (κ2) is 5.15. The zero-order valence-corrected chi connectivity index (χ0v) is 12.7. The summed E-state index contributed by atoms with van der Waals surface area (Å²) in [4.78, 5) is 12.1. The molecule has 1 aliphatic heterocycles. The van der Waals surface area contributed by atoms with E-state index in [1.807, 2.05) is 18.2 Å². The maximum atomic E-state index is 12.1. The second-order valence-electron chi connectivity index (χ2n) is 5.13. The van der Waals surface area contributed by atoms with Gasteiger partial charge in [0.2, 0.25) is 0 Å². The van der Waals surface area contributed by atoms with Gasteiger partial charge in [0, 0.05) is 16.9 Å². The quantitative estimate of drug-likeness (QED) is 0.910. The van der Waals surface area contributed by atoms with E-state index in [-0.39, 0.29) is 11.5 Å². The van der Waals surface area contributed by atoms with Gasteiger partial charge in [-0.3, -0.25) is 4.79 Å². The highest BCUT2D eigenvalue weighted by atomic mass is 32.2. The number of rotatable bonds is 2. The topological polar surface area (TPSA) is 55.8 Å². The molecule has 3 rings (SSSR count). The number of aromatic hydroxyl groups is 1. The van der Waals surface area contributed by atoms with Crippen LogP contribution in [0.5, 0.6) is 5.75 Å². The highest BCUT2D eigenvalue weighted by Crippen LogP contribution is 2.44. The van der Waals surface area contributed by atoms with Gasteiger partial charge in [-0.15, -0.1) is 0 Å². The number of phenolic OH excluding ortho intramolecular Hbond substituents is 1. The molecule has 5 heteroatoms. The van der Waals surface area contributed by atoms with Crippen molar-refractivity contribution < 1.29 is 19.4 Å². The largest absolute Gasteiger partial charge is 0.508 e. The van der Waals surface area contributed by atoms with E-state index in [0.717, 1.165) is 22.6 Å². The molecule has 0 bridgehead atoms. The van der Waals surface area contributed by atoms with Gasteiger partial charge in [0.05, 0.1) is 14.2 Å². The summed E-state index contributed by atoms with van der Waals surface area (Å²) in [5, 5.41) is 9.67. The van der Waals surface area contributed by atoms with Crippen LogP contribution < -0.4 is 0 Å². The molecular formula is C16H16O4S. The van der Waals surface area contributed by atoms with Crippen LogP contribution in [0.15, 0.2) is 41.9 Å². The molecule has 1 N–H and O–H groups in total. The number of phenols is 1. The molecule has 1 aromatic rings. The lowest BCUT2D eigenvalue weighted by Crippen LogP contribution is -2.34. The van der Waals surface area contributed by atoms with Crippen LogP contribution in [0.1, 0.15) is 11.1 Å². The van der Waals surface area contributed by atoms with Crippen molar-refractivity contribution in [2.75, 3.05) is 20.0 Å². The van der Waals surface area contributed by atoms with Crippen molar-refractivity contribution in [3.8, 4) is 5.75 Å². The SMILES string of the molecule is COC1=CC2(C=C(OC)C1=O)CSCc1cc(O)ccc12. The van der Waals surface area contributed by atoms with E-state index in [2.05, 4.69) is 0 Å². The van der Waals surface area contributed by atoms with Gasteiger partial charge in [-0.05, 0) is 35.4 Å². The van der Waals surface area contributed by atoms with Crippen molar-refractivity contribution in [3.63, 3.8) is 0 Å². The zero-order chi connectivity index (χ0) is 15.0. The molecule has 1 aromatic carbocycles. The Hall–Kier alpha value is -1.88. The lowest BCUT2D eigenvalue weighted by Gasteiger charge is -2.36. The molecule has 0 saturated carbocycles. The molecular weight excluding hydrogens is 288 g/mol. The molecule has 0 fully saturated rings. The molecule has 0 amide bonds. The second-order valence-corrected chi connectivity index (χ2v) is 6.11. The first-order valence-corrected chi connectivity index (χ1v) is 7.73. The maximum absolute atomic E-state index is 12.1. The van der Waals surface area contributed by atoms with Crippen LogP contribution >= 0.6 is 11.8 Å². The molecule has 110 valence electrons. The Labute approximate surface area is 127 Å². The smallest absolute Gasteiger partial charge is 0.261 e. The number of ketones is 1. The van der Waals surface area contributed by atoms with E-state index in [4.69, 9.17) is 9.47 Å². The molecule has 1 aliphatic carbocycles. The summed E-state index contributed by atoms with van der Waals surface area (Å²) < 4.78 is 10.5. The Kier molecular flexibility index (Phi) is 3.45. The number of ether oxygens (including phenoxy) is 2. The van der Waals surface area contributed by atoms with Crippen LogP contribution in [0, 0.1) is 0 Å². The number of thioether (sulfide) groups is 1. The average molecular weight is 304 g/mol. The predicted molar refractivity (Wildman–Crippen MR) is 81.1 cm³/mol. The third-order valence-corrected chi connectivity index (χ3v) is 5.05. The van der Waals surface area contributed by atoms with E-state index in [0.29, 0.717) is 11.5 Å². The highest BCUT2D eigenvalue weighted by Gasteiger charge is 2.40. The number of benzene rings is 1. The van der Waals surface area contributed by atoms with E-state index in [1.54, 1.807) is 23.9 Å². The van der Waals surface area contributed by atoms with Gasteiger partial charge < -0.3 is 14.6 Å². The standard InChI is InChI=1S/C16H16O4S/c1-19-13-6-16(7-14(20-2)15(13)18)9-21-8-10-5-11(17)3-4-12(10)16/h3-7,17H,8-9H2,1-2H3. The third kappa shape index (κ3) is 2.21. The Balaban J connectivity index is 2.20.